The van der Waals surface area contributed by atoms with Gasteiger partial charge >= 0.3 is 0 Å². The van der Waals surface area contributed by atoms with E-state index in [2.05, 4.69) is 285 Å². The zero-order valence-electron chi connectivity index (χ0n) is 44.3. The molecule has 2 unspecified atom stereocenters. The molecule has 374 valence electrons. The Morgan fingerprint density at radius 3 is 1.31 bits per heavy atom. The van der Waals surface area contributed by atoms with Gasteiger partial charge in [0.1, 0.15) is 11.2 Å². The van der Waals surface area contributed by atoms with Crippen molar-refractivity contribution in [2.75, 3.05) is 19.6 Å². The van der Waals surface area contributed by atoms with Crippen molar-refractivity contribution in [3.8, 4) is 0 Å². The van der Waals surface area contributed by atoms with Gasteiger partial charge in [0, 0.05) is 90.8 Å². The number of allylic oxidation sites excluding steroid dienone is 4. The van der Waals surface area contributed by atoms with Crippen LogP contribution in [0.5, 0.6) is 0 Å². The van der Waals surface area contributed by atoms with Gasteiger partial charge in [0.2, 0.25) is 0 Å². The molecule has 1 aliphatic carbocycles. The third kappa shape index (κ3) is 6.90. The summed E-state index contributed by atoms with van der Waals surface area (Å²) in [6.07, 6.45) is 4.70. The number of fused-ring (bicyclic) bond motifs is 12. The summed E-state index contributed by atoms with van der Waals surface area (Å²) in [7, 11) is 0. The fraction of sp³-hybridized carbons (Fsp3) is 0.0986. The van der Waals surface area contributed by atoms with Crippen molar-refractivity contribution >= 4 is 130 Å². The second-order valence-electron chi connectivity index (χ2n) is 21.5. The molecule has 0 spiro atoms. The second kappa shape index (κ2) is 17.8. The maximum absolute atomic E-state index is 7.46. The lowest BCUT2D eigenvalue weighted by Crippen LogP contribution is -2.62. The molecule has 10 aromatic carbocycles. The molecule has 2 aliphatic heterocycles. The SMILES string of the molecule is CC1=C(N2c3cccc4c3B(c3ccc5c(oc6cc(N(c7ccccc7)c7ccccc7)ccc65)c32)c2ccc3c(oc5cc(N(c6ccccc6)c6ccccc6)ccc53)c2N4c2c(C)cccc2C)C(C)C(C)C=C1. The zero-order chi connectivity index (χ0) is 52.3. The van der Waals surface area contributed by atoms with E-state index >= 15 is 0 Å². The number of aryl methyl sites for hydroxylation is 2. The van der Waals surface area contributed by atoms with Crippen molar-refractivity contribution in [3.05, 3.63) is 253 Å². The average Bonchev–Trinajstić information content (AvgIpc) is 2.62. The van der Waals surface area contributed by atoms with E-state index in [1.165, 1.54) is 44.5 Å². The highest BCUT2D eigenvalue weighted by atomic mass is 16.3. The second-order valence-corrected chi connectivity index (χ2v) is 21.5. The maximum atomic E-state index is 7.46. The fourth-order valence-corrected chi connectivity index (χ4v) is 13.2. The number of anilines is 11. The number of nitrogens with zero attached hydrogens (tertiary/aromatic N) is 4. The third-order valence-electron chi connectivity index (χ3n) is 16.9. The molecular formula is C71H55BN4O2. The monoisotopic (exact) mass is 1010 g/mol. The topological polar surface area (TPSA) is 39.2 Å². The zero-order valence-corrected chi connectivity index (χ0v) is 44.3. The van der Waals surface area contributed by atoms with Gasteiger partial charge in [0.05, 0.1) is 17.1 Å². The Kier molecular flexibility index (Phi) is 10.5. The van der Waals surface area contributed by atoms with Gasteiger partial charge in [0.15, 0.2) is 11.2 Å². The molecule has 0 N–H and O–H groups in total. The van der Waals surface area contributed by atoms with Gasteiger partial charge in [-0.1, -0.05) is 147 Å². The number of benzene rings is 10. The minimum atomic E-state index is -0.162. The van der Waals surface area contributed by atoms with Crippen molar-refractivity contribution < 1.29 is 8.83 Å². The number of hydrogen-bond acceptors (Lipinski definition) is 6. The smallest absolute Gasteiger partial charge is 0.252 e. The molecule has 15 rings (SSSR count). The van der Waals surface area contributed by atoms with Crippen LogP contribution in [-0.2, 0) is 0 Å². The van der Waals surface area contributed by atoms with Crippen molar-refractivity contribution in [2.24, 2.45) is 11.8 Å². The first-order chi connectivity index (χ1) is 38.3. The summed E-state index contributed by atoms with van der Waals surface area (Å²) < 4.78 is 14.9. The van der Waals surface area contributed by atoms with E-state index in [1.54, 1.807) is 0 Å². The molecule has 3 aliphatic rings. The Hall–Kier alpha value is -9.46. The molecule has 2 aromatic heterocycles. The van der Waals surface area contributed by atoms with Crippen molar-refractivity contribution in [3.63, 3.8) is 0 Å². The van der Waals surface area contributed by atoms with Gasteiger partial charge in [-0.25, -0.2) is 0 Å². The molecule has 0 bridgehead atoms. The molecule has 0 amide bonds. The minimum Gasteiger partial charge on any atom is -0.454 e. The molecule has 4 heterocycles. The van der Waals surface area contributed by atoms with Gasteiger partial charge in [-0.2, -0.15) is 0 Å². The summed E-state index contributed by atoms with van der Waals surface area (Å²) in [5, 5.41) is 4.33. The van der Waals surface area contributed by atoms with Crippen molar-refractivity contribution in [1.29, 1.82) is 0 Å². The largest absolute Gasteiger partial charge is 0.454 e. The van der Waals surface area contributed by atoms with E-state index in [0.29, 0.717) is 5.92 Å². The Morgan fingerprint density at radius 2 is 0.833 bits per heavy atom. The lowest BCUT2D eigenvalue weighted by atomic mass is 9.33. The Morgan fingerprint density at radius 1 is 0.410 bits per heavy atom. The first kappa shape index (κ1) is 45.9. The third-order valence-corrected chi connectivity index (χ3v) is 16.9. The van der Waals surface area contributed by atoms with E-state index < -0.39 is 0 Å². The first-order valence-corrected chi connectivity index (χ1v) is 27.3. The van der Waals surface area contributed by atoms with E-state index in [0.717, 1.165) is 101 Å². The number of rotatable bonds is 8. The van der Waals surface area contributed by atoms with E-state index in [4.69, 9.17) is 8.83 Å². The highest BCUT2D eigenvalue weighted by molar-refractivity contribution is 7.00. The van der Waals surface area contributed by atoms with E-state index in [9.17, 15) is 0 Å². The van der Waals surface area contributed by atoms with Crippen LogP contribution < -0.4 is 36.0 Å². The normalized spacial score (nSPS) is 15.6. The lowest BCUT2D eigenvalue weighted by Gasteiger charge is -2.46. The Labute approximate surface area is 455 Å². The van der Waals surface area contributed by atoms with Crippen LogP contribution in [0.15, 0.2) is 251 Å². The van der Waals surface area contributed by atoms with Gasteiger partial charge in [-0.15, -0.1) is 0 Å². The predicted molar refractivity (Wildman–Crippen MR) is 328 cm³/mol. The van der Waals surface area contributed by atoms with Gasteiger partial charge in [-0.05, 0) is 145 Å². The molecule has 0 saturated heterocycles. The van der Waals surface area contributed by atoms with Gasteiger partial charge < -0.3 is 28.4 Å². The Bertz CT molecular complexity index is 4330. The van der Waals surface area contributed by atoms with Crippen LogP contribution in [0.1, 0.15) is 31.9 Å². The molecule has 12 aromatic rings. The number of furan rings is 2. The maximum Gasteiger partial charge on any atom is 0.252 e. The number of para-hydroxylation sites is 5. The van der Waals surface area contributed by atoms with Crippen LogP contribution in [0, 0.1) is 25.7 Å². The van der Waals surface area contributed by atoms with Crippen LogP contribution >= 0.6 is 0 Å². The standard InChI is InChI=1S/C71H55BN4O2/c1-44-32-33-47(4)67(48(44)5)76-62-31-19-30-61-65(62)72(60-41-39-58-56-37-35-54(43-64(56)78-71(58)69(60)76)74(51-26-14-8-15-27-51)52-28-16-9-17-29-52)59-40-38-57-55-36-34-53(73(49-22-10-6-11-23-49)50-24-12-7-13-25-50)42-63(55)77-70(57)68(59)75(61)66-45(2)20-18-21-46(66)3/h6-44,48H,1-5H3. The van der Waals surface area contributed by atoms with Crippen LogP contribution in [0.2, 0.25) is 0 Å². The summed E-state index contributed by atoms with van der Waals surface area (Å²) in [6, 6.07) is 78.8. The van der Waals surface area contributed by atoms with Gasteiger partial charge in [0.25, 0.3) is 6.71 Å². The van der Waals surface area contributed by atoms with Crippen LogP contribution in [0.4, 0.5) is 62.6 Å². The average molecular weight is 1010 g/mol. The molecule has 0 saturated carbocycles. The highest BCUT2D eigenvalue weighted by Crippen LogP contribution is 2.52. The summed E-state index contributed by atoms with van der Waals surface area (Å²) in [4.78, 5) is 9.74. The van der Waals surface area contributed by atoms with Crippen LogP contribution in [0.3, 0.4) is 0 Å². The summed E-state index contributed by atoms with van der Waals surface area (Å²) in [5.41, 5.74) is 24.0. The number of hydrogen-bond donors (Lipinski definition) is 0. The summed E-state index contributed by atoms with van der Waals surface area (Å²) in [5.74, 6) is 0.544. The van der Waals surface area contributed by atoms with E-state index in [1.807, 2.05) is 0 Å². The highest BCUT2D eigenvalue weighted by Gasteiger charge is 2.47. The van der Waals surface area contributed by atoms with Gasteiger partial charge in [-0.3, -0.25) is 0 Å². The summed E-state index contributed by atoms with van der Waals surface area (Å²) in [6.45, 7) is 11.3. The summed E-state index contributed by atoms with van der Waals surface area (Å²) >= 11 is 0. The fourth-order valence-electron chi connectivity index (χ4n) is 13.2. The molecular weight excluding hydrogens is 952 g/mol. The lowest BCUT2D eigenvalue weighted by molar-refractivity contribution is 0.510. The molecule has 6 nitrogen and oxygen atoms in total. The molecule has 0 fully saturated rings. The molecule has 2 atom stereocenters. The minimum absolute atomic E-state index is 0.162. The van der Waals surface area contributed by atoms with Crippen LogP contribution in [0.25, 0.3) is 43.9 Å². The predicted octanol–water partition coefficient (Wildman–Crippen LogP) is 17.9. The van der Waals surface area contributed by atoms with Crippen LogP contribution in [-0.4, -0.2) is 6.71 Å². The van der Waals surface area contributed by atoms with Crippen molar-refractivity contribution in [1.82, 2.24) is 0 Å². The van der Waals surface area contributed by atoms with E-state index in [-0.39, 0.29) is 12.6 Å². The first-order valence-electron chi connectivity index (χ1n) is 27.3. The van der Waals surface area contributed by atoms with Crippen molar-refractivity contribution in [2.45, 2.75) is 34.6 Å². The quantitative estimate of drug-likeness (QED) is 0.141. The molecule has 0 radical (unpaired) electrons. The molecule has 78 heavy (non-hydrogen) atoms. The Balaban J connectivity index is 0.997. The molecule has 7 heteroatoms.